The van der Waals surface area contributed by atoms with Crippen molar-refractivity contribution in [2.45, 2.75) is 19.3 Å². The molecule has 1 unspecified atom stereocenters. The number of aliphatic carboxylic acids is 1. The topological polar surface area (TPSA) is 94.2 Å². The molecule has 8 heteroatoms. The number of carbonyl (C=O) groups is 1. The Morgan fingerprint density at radius 3 is 2.53 bits per heavy atom. The summed E-state index contributed by atoms with van der Waals surface area (Å²) < 4.78 is 6.28. The predicted molar refractivity (Wildman–Crippen MR) is 70.8 cm³/mol. The number of nitrogens with zero attached hydrogens (tertiary/aromatic N) is 3. The molecular weight excluding hydrogens is 270 g/mol. The molecule has 0 saturated heterocycles. The third-order valence-electron chi connectivity index (χ3n) is 3.13. The number of fused-ring (bicyclic) bond motifs is 1. The maximum absolute atomic E-state index is 12.1. The summed E-state index contributed by atoms with van der Waals surface area (Å²) in [6.07, 6.45) is 0.360. The van der Waals surface area contributed by atoms with Crippen molar-refractivity contribution in [2.24, 2.45) is 14.1 Å². The Morgan fingerprint density at radius 1 is 1.37 bits per heavy atom. The normalized spacial score (nSPS) is 12.8. The summed E-state index contributed by atoms with van der Waals surface area (Å²) in [5, 5.41) is 9.42. The first kappa shape index (κ1) is 13.5. The van der Waals surface area contributed by atoms with E-state index < -0.39 is 23.1 Å². The van der Waals surface area contributed by atoms with E-state index in [1.54, 1.807) is 6.92 Å². The Hall–Kier alpha value is -1.96. The molecule has 1 N–H and O–H groups in total. The van der Waals surface area contributed by atoms with E-state index >= 15 is 0 Å². The van der Waals surface area contributed by atoms with Gasteiger partial charge in [0.1, 0.15) is 0 Å². The molecule has 0 fully saturated rings. The van der Waals surface area contributed by atoms with Crippen molar-refractivity contribution in [2.75, 3.05) is 0 Å². The van der Waals surface area contributed by atoms with Gasteiger partial charge in [-0.05, 0) is 18.0 Å². The van der Waals surface area contributed by atoms with Crippen LogP contribution in [0.25, 0.3) is 11.0 Å². The Balaban J connectivity index is 2.91. The van der Waals surface area contributed by atoms with Gasteiger partial charge < -0.3 is 5.11 Å². The summed E-state index contributed by atoms with van der Waals surface area (Å²) in [6.45, 7) is 1.73. The first-order valence-electron chi connectivity index (χ1n) is 5.68. The standard InChI is InChI=1S/C11H13N3O4S/c1-4-5(10(16)17)7-6-8(12-19-7)13(2)11(18)14(3)9(6)15/h5H,4H2,1-3H3,(H,16,17). The van der Waals surface area contributed by atoms with Crippen molar-refractivity contribution in [1.82, 2.24) is 13.5 Å². The molecule has 0 saturated carbocycles. The lowest BCUT2D eigenvalue weighted by atomic mass is 10.0. The quantitative estimate of drug-likeness (QED) is 0.872. The fourth-order valence-corrected chi connectivity index (χ4v) is 3.07. The van der Waals surface area contributed by atoms with E-state index in [0.29, 0.717) is 11.3 Å². The average Bonchev–Trinajstić information content (AvgIpc) is 2.79. The molecule has 2 aromatic heterocycles. The van der Waals surface area contributed by atoms with Crippen LogP contribution < -0.4 is 11.2 Å². The highest BCUT2D eigenvalue weighted by atomic mass is 32.1. The van der Waals surface area contributed by atoms with Gasteiger partial charge in [0.05, 0.1) is 16.2 Å². The number of rotatable bonds is 3. The minimum absolute atomic E-state index is 0.226. The highest BCUT2D eigenvalue weighted by molar-refractivity contribution is 7.07. The zero-order valence-electron chi connectivity index (χ0n) is 10.7. The second-order valence-corrected chi connectivity index (χ2v) is 5.06. The average molecular weight is 283 g/mol. The Labute approximate surface area is 111 Å². The van der Waals surface area contributed by atoms with Crippen LogP contribution in [-0.4, -0.2) is 24.6 Å². The molecule has 0 amide bonds. The summed E-state index contributed by atoms with van der Waals surface area (Å²) in [6, 6.07) is 0. The van der Waals surface area contributed by atoms with Crippen LogP contribution in [0, 0.1) is 0 Å². The van der Waals surface area contributed by atoms with E-state index in [0.717, 1.165) is 16.1 Å². The van der Waals surface area contributed by atoms with Gasteiger partial charge in [0.2, 0.25) is 0 Å². The molecular formula is C11H13N3O4S. The molecule has 0 aliphatic rings. The highest BCUT2D eigenvalue weighted by Crippen LogP contribution is 2.29. The summed E-state index contributed by atoms with van der Waals surface area (Å²) in [5.41, 5.74) is -0.730. The number of aromatic nitrogens is 3. The molecule has 102 valence electrons. The van der Waals surface area contributed by atoms with Crippen molar-refractivity contribution >= 4 is 28.5 Å². The van der Waals surface area contributed by atoms with Crippen LogP contribution in [0.1, 0.15) is 24.1 Å². The zero-order valence-corrected chi connectivity index (χ0v) is 11.5. The van der Waals surface area contributed by atoms with Crippen LogP contribution in [0.3, 0.4) is 0 Å². The maximum atomic E-state index is 12.1. The van der Waals surface area contributed by atoms with Crippen LogP contribution in [0.5, 0.6) is 0 Å². The molecule has 0 spiro atoms. The first-order chi connectivity index (χ1) is 8.90. The van der Waals surface area contributed by atoms with Gasteiger partial charge in [-0.15, -0.1) is 0 Å². The molecule has 19 heavy (non-hydrogen) atoms. The van der Waals surface area contributed by atoms with Gasteiger partial charge in [0, 0.05) is 14.1 Å². The Morgan fingerprint density at radius 2 is 2.00 bits per heavy atom. The summed E-state index contributed by atoms with van der Waals surface area (Å²) in [7, 11) is 2.88. The van der Waals surface area contributed by atoms with Gasteiger partial charge in [-0.3, -0.25) is 18.7 Å². The molecule has 0 bridgehead atoms. The highest BCUT2D eigenvalue weighted by Gasteiger charge is 2.26. The van der Waals surface area contributed by atoms with E-state index in [-0.39, 0.29) is 11.0 Å². The van der Waals surface area contributed by atoms with Crippen molar-refractivity contribution in [1.29, 1.82) is 0 Å². The van der Waals surface area contributed by atoms with Gasteiger partial charge in [-0.2, -0.15) is 4.37 Å². The second-order valence-electron chi connectivity index (χ2n) is 4.25. The molecule has 2 aromatic rings. The fourth-order valence-electron chi connectivity index (χ4n) is 2.00. The smallest absolute Gasteiger partial charge is 0.332 e. The van der Waals surface area contributed by atoms with E-state index in [2.05, 4.69) is 4.37 Å². The maximum Gasteiger partial charge on any atom is 0.332 e. The minimum atomic E-state index is -0.996. The van der Waals surface area contributed by atoms with Gasteiger partial charge in [-0.25, -0.2) is 4.79 Å². The van der Waals surface area contributed by atoms with Gasteiger partial charge in [0.15, 0.2) is 5.65 Å². The number of hydrogen-bond donors (Lipinski definition) is 1. The van der Waals surface area contributed by atoms with Gasteiger partial charge in [0.25, 0.3) is 5.56 Å². The van der Waals surface area contributed by atoms with Crippen LogP contribution in [0.4, 0.5) is 0 Å². The van der Waals surface area contributed by atoms with E-state index in [1.807, 2.05) is 0 Å². The van der Waals surface area contributed by atoms with Crippen LogP contribution in [0.15, 0.2) is 9.59 Å². The Kier molecular flexibility index (Phi) is 3.27. The Bertz CT molecular complexity index is 771. The molecule has 1 atom stereocenters. The van der Waals surface area contributed by atoms with Crippen LogP contribution in [0.2, 0.25) is 0 Å². The third kappa shape index (κ3) is 1.88. The first-order valence-corrected chi connectivity index (χ1v) is 6.45. The molecule has 2 rings (SSSR count). The molecule has 0 radical (unpaired) electrons. The summed E-state index contributed by atoms with van der Waals surface area (Å²) in [5.74, 6) is -1.77. The second kappa shape index (κ2) is 4.61. The van der Waals surface area contributed by atoms with Crippen molar-refractivity contribution in [3.05, 3.63) is 25.7 Å². The van der Waals surface area contributed by atoms with E-state index in [9.17, 15) is 19.5 Å². The lowest BCUT2D eigenvalue weighted by Crippen LogP contribution is -2.37. The molecule has 2 heterocycles. The lowest BCUT2D eigenvalue weighted by molar-refractivity contribution is -0.138. The lowest BCUT2D eigenvalue weighted by Gasteiger charge is -2.08. The van der Waals surface area contributed by atoms with Crippen molar-refractivity contribution in [3.63, 3.8) is 0 Å². The third-order valence-corrected chi connectivity index (χ3v) is 4.08. The summed E-state index contributed by atoms with van der Waals surface area (Å²) in [4.78, 5) is 35.5. The SMILES string of the molecule is CCC(C(=O)O)c1snc2c1c(=O)n(C)c(=O)n2C. The molecule has 0 aliphatic carbocycles. The minimum Gasteiger partial charge on any atom is -0.481 e. The molecule has 0 aliphatic heterocycles. The number of hydrogen-bond acceptors (Lipinski definition) is 5. The largest absolute Gasteiger partial charge is 0.481 e. The number of aryl methyl sites for hydroxylation is 1. The molecule has 0 aromatic carbocycles. The van der Waals surface area contributed by atoms with E-state index in [1.165, 1.54) is 18.7 Å². The van der Waals surface area contributed by atoms with Gasteiger partial charge in [-0.1, -0.05) is 6.92 Å². The number of carboxylic acids is 1. The summed E-state index contributed by atoms with van der Waals surface area (Å²) >= 11 is 0.966. The monoisotopic (exact) mass is 283 g/mol. The number of carboxylic acid groups (broad SMARTS) is 1. The predicted octanol–water partition coefficient (Wildman–Crippen LogP) is 0.272. The van der Waals surface area contributed by atoms with Crippen molar-refractivity contribution < 1.29 is 9.90 Å². The van der Waals surface area contributed by atoms with Crippen LogP contribution in [-0.2, 0) is 18.9 Å². The molecule has 7 nitrogen and oxygen atoms in total. The fraction of sp³-hybridized carbons (Fsp3) is 0.455. The van der Waals surface area contributed by atoms with Crippen molar-refractivity contribution in [3.8, 4) is 0 Å². The zero-order chi connectivity index (χ0) is 14.3. The van der Waals surface area contributed by atoms with Crippen LogP contribution >= 0.6 is 11.5 Å². The van der Waals surface area contributed by atoms with Gasteiger partial charge >= 0.3 is 11.7 Å². The van der Waals surface area contributed by atoms with E-state index in [4.69, 9.17) is 0 Å².